The predicted molar refractivity (Wildman–Crippen MR) is 102 cm³/mol. The van der Waals surface area contributed by atoms with E-state index in [4.69, 9.17) is 4.74 Å². The molecule has 1 fully saturated rings. The molecule has 1 aliphatic rings. The lowest BCUT2D eigenvalue weighted by molar-refractivity contribution is 0.122. The van der Waals surface area contributed by atoms with Crippen molar-refractivity contribution < 1.29 is 9.53 Å². The third-order valence-electron chi connectivity index (χ3n) is 4.01. The van der Waals surface area contributed by atoms with E-state index in [1.165, 1.54) is 0 Å². The molecule has 0 atom stereocenters. The van der Waals surface area contributed by atoms with Crippen LogP contribution in [0.15, 0.2) is 36.7 Å². The fraction of sp³-hybridized carbons (Fsp3) is 0.389. The topological polar surface area (TPSA) is 91.4 Å². The molecular weight excluding hydrogens is 332 g/mol. The van der Waals surface area contributed by atoms with Gasteiger partial charge < -0.3 is 25.6 Å². The maximum Gasteiger partial charge on any atom is 0.319 e. The largest absolute Gasteiger partial charge is 0.378 e. The van der Waals surface area contributed by atoms with E-state index >= 15 is 0 Å². The quantitative estimate of drug-likeness (QED) is 0.685. The number of carbonyl (C=O) groups excluding carboxylic acids is 1. The van der Waals surface area contributed by atoms with Crippen molar-refractivity contribution in [3.05, 3.63) is 42.2 Å². The average molecular weight is 356 g/mol. The summed E-state index contributed by atoms with van der Waals surface area (Å²) in [5, 5.41) is 8.81. The van der Waals surface area contributed by atoms with Crippen LogP contribution in [0.1, 0.15) is 5.56 Å². The first-order valence-electron chi connectivity index (χ1n) is 8.71. The number of hydrogen-bond acceptors (Lipinski definition) is 6. The minimum absolute atomic E-state index is 0.229. The van der Waals surface area contributed by atoms with Crippen molar-refractivity contribution >= 4 is 23.4 Å². The molecule has 0 aliphatic carbocycles. The van der Waals surface area contributed by atoms with Gasteiger partial charge >= 0.3 is 6.03 Å². The summed E-state index contributed by atoms with van der Waals surface area (Å²) < 4.78 is 5.35. The van der Waals surface area contributed by atoms with E-state index in [2.05, 4.69) is 30.8 Å². The fourth-order valence-electron chi connectivity index (χ4n) is 2.59. The van der Waals surface area contributed by atoms with Gasteiger partial charge in [0.1, 0.15) is 18.0 Å². The Labute approximate surface area is 153 Å². The van der Waals surface area contributed by atoms with Crippen LogP contribution in [0.25, 0.3) is 0 Å². The van der Waals surface area contributed by atoms with E-state index in [9.17, 15) is 4.79 Å². The van der Waals surface area contributed by atoms with Gasteiger partial charge in [-0.25, -0.2) is 14.8 Å². The molecule has 1 aliphatic heterocycles. The summed E-state index contributed by atoms with van der Waals surface area (Å²) in [5.41, 5.74) is 1.92. The number of aromatic nitrogens is 2. The molecule has 0 spiro atoms. The van der Waals surface area contributed by atoms with Gasteiger partial charge in [-0.1, -0.05) is 17.7 Å². The van der Waals surface area contributed by atoms with E-state index in [0.29, 0.717) is 26.3 Å². The first-order chi connectivity index (χ1) is 12.7. The second-order valence-electron chi connectivity index (χ2n) is 6.03. The molecule has 2 amide bonds. The minimum atomic E-state index is -0.229. The van der Waals surface area contributed by atoms with Gasteiger partial charge in [-0.2, -0.15) is 0 Å². The third-order valence-corrected chi connectivity index (χ3v) is 4.01. The van der Waals surface area contributed by atoms with Crippen LogP contribution < -0.4 is 20.9 Å². The van der Waals surface area contributed by atoms with Crippen LogP contribution in [0.4, 0.5) is 22.1 Å². The predicted octanol–water partition coefficient (Wildman–Crippen LogP) is 1.86. The molecule has 3 rings (SSSR count). The van der Waals surface area contributed by atoms with Crippen molar-refractivity contribution in [2.75, 3.05) is 54.9 Å². The highest BCUT2D eigenvalue weighted by molar-refractivity contribution is 5.89. The Hall–Kier alpha value is -2.87. The number of ether oxygens (including phenoxy) is 1. The molecular formula is C18H24N6O2. The van der Waals surface area contributed by atoms with Gasteiger partial charge in [-0.3, -0.25) is 0 Å². The molecule has 1 aromatic heterocycles. The molecule has 3 N–H and O–H groups in total. The molecule has 1 saturated heterocycles. The van der Waals surface area contributed by atoms with Gasteiger partial charge in [0.25, 0.3) is 0 Å². The van der Waals surface area contributed by atoms with Crippen molar-refractivity contribution in [2.24, 2.45) is 0 Å². The van der Waals surface area contributed by atoms with Crippen LogP contribution in [0.5, 0.6) is 0 Å². The molecule has 0 radical (unpaired) electrons. The van der Waals surface area contributed by atoms with E-state index in [1.54, 1.807) is 6.33 Å². The van der Waals surface area contributed by atoms with Crippen LogP contribution >= 0.6 is 0 Å². The van der Waals surface area contributed by atoms with Gasteiger partial charge in [0, 0.05) is 37.9 Å². The molecule has 8 nitrogen and oxygen atoms in total. The number of hydrogen-bond donors (Lipinski definition) is 3. The third kappa shape index (κ3) is 5.32. The van der Waals surface area contributed by atoms with Crippen molar-refractivity contribution in [1.82, 2.24) is 15.3 Å². The summed E-state index contributed by atoms with van der Waals surface area (Å²) >= 11 is 0. The van der Waals surface area contributed by atoms with E-state index in [1.807, 2.05) is 37.3 Å². The number of rotatable bonds is 6. The van der Waals surface area contributed by atoms with Crippen LogP contribution in [-0.4, -0.2) is 55.4 Å². The number of amides is 2. The Morgan fingerprint density at radius 3 is 2.69 bits per heavy atom. The fourth-order valence-corrected chi connectivity index (χ4v) is 2.59. The van der Waals surface area contributed by atoms with Crippen molar-refractivity contribution in [3.63, 3.8) is 0 Å². The first-order valence-corrected chi connectivity index (χ1v) is 8.71. The summed E-state index contributed by atoms with van der Waals surface area (Å²) in [6.07, 6.45) is 1.55. The molecule has 0 bridgehead atoms. The smallest absolute Gasteiger partial charge is 0.319 e. The lowest BCUT2D eigenvalue weighted by Gasteiger charge is -2.27. The SMILES string of the molecule is Cc1ccc(NC(=O)NCCNc2cc(N3CCOCC3)ncn2)cc1. The first kappa shape index (κ1) is 17.9. The Kier molecular flexibility index (Phi) is 6.21. The van der Waals surface area contributed by atoms with Gasteiger partial charge in [0.15, 0.2) is 0 Å². The van der Waals surface area contributed by atoms with Gasteiger partial charge in [-0.05, 0) is 19.1 Å². The van der Waals surface area contributed by atoms with Gasteiger partial charge in [0.2, 0.25) is 0 Å². The maximum absolute atomic E-state index is 11.9. The Balaban J connectivity index is 1.40. The number of carbonyl (C=O) groups is 1. The molecule has 2 heterocycles. The van der Waals surface area contributed by atoms with Crippen molar-refractivity contribution in [2.45, 2.75) is 6.92 Å². The standard InChI is InChI=1S/C18H24N6O2/c1-14-2-4-15(5-3-14)23-18(25)20-7-6-19-16-12-17(22-13-21-16)24-8-10-26-11-9-24/h2-5,12-13H,6-11H2,1H3,(H,19,21,22)(H2,20,23,25). The summed E-state index contributed by atoms with van der Waals surface area (Å²) in [6.45, 7) is 6.15. The zero-order valence-electron chi connectivity index (χ0n) is 14.9. The lowest BCUT2D eigenvalue weighted by atomic mass is 10.2. The highest BCUT2D eigenvalue weighted by atomic mass is 16.5. The molecule has 0 saturated carbocycles. The Morgan fingerprint density at radius 1 is 1.15 bits per heavy atom. The monoisotopic (exact) mass is 356 g/mol. The molecule has 8 heteroatoms. The summed E-state index contributed by atoms with van der Waals surface area (Å²) in [6, 6.07) is 9.35. The second-order valence-corrected chi connectivity index (χ2v) is 6.03. The van der Waals surface area contributed by atoms with Crippen LogP contribution in [0, 0.1) is 6.92 Å². The normalized spacial score (nSPS) is 14.0. The zero-order valence-corrected chi connectivity index (χ0v) is 14.9. The average Bonchev–Trinajstić information content (AvgIpc) is 2.68. The number of nitrogens with zero attached hydrogens (tertiary/aromatic N) is 3. The number of aryl methyl sites for hydroxylation is 1. The Morgan fingerprint density at radius 2 is 1.92 bits per heavy atom. The van der Waals surface area contributed by atoms with Crippen molar-refractivity contribution in [3.8, 4) is 0 Å². The van der Waals surface area contributed by atoms with E-state index < -0.39 is 0 Å². The van der Waals surface area contributed by atoms with E-state index in [-0.39, 0.29) is 6.03 Å². The molecule has 138 valence electrons. The number of benzene rings is 1. The molecule has 1 aromatic carbocycles. The van der Waals surface area contributed by atoms with Crippen LogP contribution in [-0.2, 0) is 4.74 Å². The van der Waals surface area contributed by atoms with Crippen molar-refractivity contribution in [1.29, 1.82) is 0 Å². The van der Waals surface area contributed by atoms with Gasteiger partial charge in [-0.15, -0.1) is 0 Å². The van der Waals surface area contributed by atoms with Gasteiger partial charge in [0.05, 0.1) is 13.2 Å². The number of anilines is 3. The number of nitrogens with one attached hydrogen (secondary N) is 3. The summed E-state index contributed by atoms with van der Waals surface area (Å²) in [7, 11) is 0. The van der Waals surface area contributed by atoms with Crippen LogP contribution in [0.2, 0.25) is 0 Å². The highest BCUT2D eigenvalue weighted by Gasteiger charge is 2.12. The highest BCUT2D eigenvalue weighted by Crippen LogP contribution is 2.15. The number of urea groups is 1. The molecule has 26 heavy (non-hydrogen) atoms. The molecule has 2 aromatic rings. The Bertz CT molecular complexity index is 716. The van der Waals surface area contributed by atoms with E-state index in [0.717, 1.165) is 36.0 Å². The lowest BCUT2D eigenvalue weighted by Crippen LogP contribution is -2.36. The minimum Gasteiger partial charge on any atom is -0.378 e. The second kappa shape index (κ2) is 9.00. The molecule has 0 unspecified atom stereocenters. The summed E-state index contributed by atoms with van der Waals surface area (Å²) in [5.74, 6) is 1.62. The summed E-state index contributed by atoms with van der Waals surface area (Å²) in [4.78, 5) is 22.6. The zero-order chi connectivity index (χ0) is 18.2. The van der Waals surface area contributed by atoms with Crippen LogP contribution in [0.3, 0.4) is 0 Å². The number of morpholine rings is 1. The maximum atomic E-state index is 11.9.